The third-order valence-electron chi connectivity index (χ3n) is 5.17. The van der Waals surface area contributed by atoms with Crippen molar-refractivity contribution in [2.75, 3.05) is 11.9 Å². The van der Waals surface area contributed by atoms with Crippen LogP contribution in [-0.2, 0) is 11.3 Å². The molecule has 14 heteroatoms. The first kappa shape index (κ1) is 20.3. The van der Waals surface area contributed by atoms with E-state index in [1.807, 2.05) is 0 Å². The summed E-state index contributed by atoms with van der Waals surface area (Å²) in [6.07, 6.45) is -3.27. The van der Waals surface area contributed by atoms with Gasteiger partial charge in [0, 0.05) is 12.1 Å². The van der Waals surface area contributed by atoms with E-state index in [1.165, 1.54) is 17.0 Å². The average molecular weight is 443 g/mol. The molecule has 1 aliphatic rings. The van der Waals surface area contributed by atoms with E-state index < -0.39 is 31.1 Å². The molecule has 4 heterocycles. The van der Waals surface area contributed by atoms with Gasteiger partial charge in [-0.15, -0.1) is 5.10 Å². The van der Waals surface area contributed by atoms with Crippen molar-refractivity contribution in [3.05, 3.63) is 42.0 Å². The molecule has 1 saturated heterocycles. The molecule has 1 aliphatic heterocycles. The third kappa shape index (κ3) is 3.44. The van der Waals surface area contributed by atoms with Crippen molar-refractivity contribution in [2.24, 2.45) is 0 Å². The SMILES string of the molecule is OC[C@H]1O[C@@H](n2cnc3c(NCc4ccccc4F)nc(-c4nnn[nH]4)nc32)[C@@H](O)[C@H]1O. The maximum Gasteiger partial charge on any atom is 0.217 e. The van der Waals surface area contributed by atoms with E-state index >= 15 is 0 Å². The number of halogens is 1. The summed E-state index contributed by atoms with van der Waals surface area (Å²) in [7, 11) is 0. The van der Waals surface area contributed by atoms with E-state index in [-0.39, 0.29) is 35.5 Å². The van der Waals surface area contributed by atoms with Gasteiger partial charge in [-0.2, -0.15) is 0 Å². The van der Waals surface area contributed by atoms with E-state index in [1.54, 1.807) is 18.2 Å². The number of aliphatic hydroxyl groups excluding tert-OH is 3. The Labute approximate surface area is 178 Å². The Bertz CT molecular complexity index is 1230. The minimum atomic E-state index is -1.33. The van der Waals surface area contributed by atoms with E-state index in [0.717, 1.165) is 0 Å². The van der Waals surface area contributed by atoms with Crippen molar-refractivity contribution in [2.45, 2.75) is 31.1 Å². The molecule has 0 spiro atoms. The molecule has 5 N–H and O–H groups in total. The smallest absolute Gasteiger partial charge is 0.217 e. The first-order valence-corrected chi connectivity index (χ1v) is 9.65. The van der Waals surface area contributed by atoms with Crippen LogP contribution in [0.15, 0.2) is 30.6 Å². The number of H-pyrrole nitrogens is 1. The van der Waals surface area contributed by atoms with Gasteiger partial charge in [0.1, 0.15) is 24.1 Å². The standard InChI is InChI=1S/C18H18FN9O4/c19-9-4-2-1-3-8(9)5-20-14-11-17(23-15(22-14)16-24-26-27-25-16)28(7-21-11)18-13(31)12(30)10(6-29)32-18/h1-4,7,10,12-13,18,29-31H,5-6H2,(H,20,22,23)(H,24,25,26,27)/t10-,12+,13+,18-/m1/s1. The van der Waals surface area contributed by atoms with Gasteiger partial charge in [0.25, 0.3) is 0 Å². The minimum Gasteiger partial charge on any atom is -0.394 e. The first-order valence-electron chi connectivity index (χ1n) is 9.65. The van der Waals surface area contributed by atoms with Crippen molar-refractivity contribution in [1.82, 2.24) is 40.1 Å². The zero-order chi connectivity index (χ0) is 22.2. The summed E-state index contributed by atoms with van der Waals surface area (Å²) in [4.78, 5) is 13.2. The highest BCUT2D eigenvalue weighted by Gasteiger charge is 2.44. The van der Waals surface area contributed by atoms with Gasteiger partial charge >= 0.3 is 0 Å². The molecule has 4 atom stereocenters. The number of aliphatic hydroxyl groups is 3. The van der Waals surface area contributed by atoms with Gasteiger partial charge < -0.3 is 25.4 Å². The van der Waals surface area contributed by atoms with Crippen LogP contribution in [0.4, 0.5) is 10.2 Å². The number of anilines is 1. The summed E-state index contributed by atoms with van der Waals surface area (Å²) in [5.41, 5.74) is 0.984. The zero-order valence-electron chi connectivity index (χ0n) is 16.4. The molecule has 0 aliphatic carbocycles. The second-order valence-electron chi connectivity index (χ2n) is 7.14. The number of tetrazole rings is 1. The second kappa shape index (κ2) is 8.16. The predicted octanol–water partition coefficient (Wildman–Crippen LogP) is -0.631. The van der Waals surface area contributed by atoms with Gasteiger partial charge in [-0.25, -0.2) is 24.4 Å². The molecule has 13 nitrogen and oxygen atoms in total. The number of nitrogens with one attached hydrogen (secondary N) is 2. The Morgan fingerprint density at radius 1 is 1.19 bits per heavy atom. The van der Waals surface area contributed by atoms with Crippen LogP contribution in [0.1, 0.15) is 11.8 Å². The van der Waals surface area contributed by atoms with Crippen molar-refractivity contribution < 1.29 is 24.4 Å². The fourth-order valence-electron chi connectivity index (χ4n) is 3.52. The lowest BCUT2D eigenvalue weighted by Gasteiger charge is -2.17. The number of aromatic nitrogens is 8. The summed E-state index contributed by atoms with van der Waals surface area (Å²) in [6, 6.07) is 6.31. The topological polar surface area (TPSA) is 180 Å². The molecule has 0 radical (unpaired) electrons. The van der Waals surface area contributed by atoms with Gasteiger partial charge in [0.05, 0.1) is 12.9 Å². The number of imidazole rings is 1. The van der Waals surface area contributed by atoms with Crippen LogP contribution < -0.4 is 5.32 Å². The van der Waals surface area contributed by atoms with Crippen LogP contribution in [0, 0.1) is 5.82 Å². The number of rotatable bonds is 6. The van der Waals surface area contributed by atoms with Crippen LogP contribution in [-0.4, -0.2) is 80.4 Å². The average Bonchev–Trinajstić information content (AvgIpc) is 3.53. The fraction of sp³-hybridized carbons (Fsp3) is 0.333. The minimum absolute atomic E-state index is 0.118. The highest BCUT2D eigenvalue weighted by molar-refractivity contribution is 5.84. The van der Waals surface area contributed by atoms with Gasteiger partial charge in [-0.1, -0.05) is 18.2 Å². The number of benzene rings is 1. The van der Waals surface area contributed by atoms with Crippen molar-refractivity contribution in [3.63, 3.8) is 0 Å². The Kier molecular flexibility index (Phi) is 5.18. The molecule has 1 fully saturated rings. The molecule has 4 aromatic rings. The molecule has 1 aromatic carbocycles. The summed E-state index contributed by atoms with van der Waals surface area (Å²) in [6.45, 7) is -0.353. The van der Waals surface area contributed by atoms with Crippen LogP contribution in [0.2, 0.25) is 0 Å². The number of aromatic amines is 1. The summed E-state index contributed by atoms with van der Waals surface area (Å²) < 4.78 is 21.1. The lowest BCUT2D eigenvalue weighted by Crippen LogP contribution is -2.33. The van der Waals surface area contributed by atoms with E-state index in [0.29, 0.717) is 11.1 Å². The molecule has 3 aromatic heterocycles. The molecular formula is C18H18FN9O4. The number of ether oxygens (including phenoxy) is 1. The molecule has 0 amide bonds. The molecule has 0 bridgehead atoms. The van der Waals surface area contributed by atoms with Crippen LogP contribution in [0.5, 0.6) is 0 Å². The van der Waals surface area contributed by atoms with E-state index in [4.69, 9.17) is 4.74 Å². The summed E-state index contributed by atoms with van der Waals surface area (Å²) in [5.74, 6) is 0.193. The molecule has 166 valence electrons. The Balaban J connectivity index is 1.57. The van der Waals surface area contributed by atoms with Crippen LogP contribution in [0.3, 0.4) is 0 Å². The Hall–Kier alpha value is -3.59. The second-order valence-corrected chi connectivity index (χ2v) is 7.14. The number of hydrogen-bond acceptors (Lipinski definition) is 11. The largest absolute Gasteiger partial charge is 0.394 e. The van der Waals surface area contributed by atoms with Gasteiger partial charge in [0.15, 0.2) is 23.2 Å². The summed E-state index contributed by atoms with van der Waals surface area (Å²) in [5, 5.41) is 46.4. The number of fused-ring (bicyclic) bond motifs is 1. The van der Waals surface area contributed by atoms with E-state index in [9.17, 15) is 19.7 Å². The fourth-order valence-corrected chi connectivity index (χ4v) is 3.52. The highest BCUT2D eigenvalue weighted by Crippen LogP contribution is 2.33. The molecular weight excluding hydrogens is 425 g/mol. The quantitative estimate of drug-likeness (QED) is 0.256. The summed E-state index contributed by atoms with van der Waals surface area (Å²) >= 11 is 0. The first-order chi connectivity index (χ1) is 15.6. The predicted molar refractivity (Wildman–Crippen MR) is 105 cm³/mol. The molecule has 0 saturated carbocycles. The molecule has 5 rings (SSSR count). The van der Waals surface area contributed by atoms with Crippen molar-refractivity contribution in [3.8, 4) is 11.6 Å². The normalized spacial score (nSPS) is 23.1. The van der Waals surface area contributed by atoms with Gasteiger partial charge in [0.2, 0.25) is 11.6 Å². The van der Waals surface area contributed by atoms with Gasteiger partial charge in [-0.05, 0) is 16.5 Å². The maximum atomic E-state index is 14.1. The zero-order valence-corrected chi connectivity index (χ0v) is 16.4. The highest BCUT2D eigenvalue weighted by atomic mass is 19.1. The Morgan fingerprint density at radius 2 is 2.03 bits per heavy atom. The molecule has 0 unspecified atom stereocenters. The van der Waals surface area contributed by atoms with Crippen LogP contribution in [0.25, 0.3) is 22.8 Å². The lowest BCUT2D eigenvalue weighted by molar-refractivity contribution is -0.0511. The van der Waals surface area contributed by atoms with E-state index in [2.05, 4.69) is 40.9 Å². The maximum absolute atomic E-state index is 14.1. The number of hydrogen-bond donors (Lipinski definition) is 5. The monoisotopic (exact) mass is 443 g/mol. The van der Waals surface area contributed by atoms with Crippen LogP contribution >= 0.6 is 0 Å². The van der Waals surface area contributed by atoms with Gasteiger partial charge in [-0.3, -0.25) is 4.57 Å². The number of nitrogens with zero attached hydrogens (tertiary/aromatic N) is 7. The lowest BCUT2D eigenvalue weighted by atomic mass is 10.1. The third-order valence-corrected chi connectivity index (χ3v) is 5.17. The molecule has 32 heavy (non-hydrogen) atoms. The van der Waals surface area contributed by atoms with Crippen molar-refractivity contribution >= 4 is 17.0 Å². The van der Waals surface area contributed by atoms with Crippen molar-refractivity contribution in [1.29, 1.82) is 0 Å². The Morgan fingerprint density at radius 3 is 2.75 bits per heavy atom.